The second-order valence-corrected chi connectivity index (χ2v) is 12.8. The van der Waals surface area contributed by atoms with Gasteiger partial charge in [0.15, 0.2) is 5.82 Å². The second kappa shape index (κ2) is 16.2. The van der Waals surface area contributed by atoms with Crippen LogP contribution in [0.15, 0.2) is 123 Å². The minimum Gasteiger partial charge on any atom is -0.296 e. The van der Waals surface area contributed by atoms with Crippen LogP contribution >= 0.6 is 0 Å². The molecule has 250 valence electrons. The molecule has 2 heterocycles. The maximum absolute atomic E-state index is 13.7. The van der Waals surface area contributed by atoms with E-state index in [-0.39, 0.29) is 5.56 Å². The van der Waals surface area contributed by atoms with E-state index in [1.807, 2.05) is 85.8 Å². The van der Waals surface area contributed by atoms with E-state index in [0.29, 0.717) is 18.1 Å². The highest BCUT2D eigenvalue weighted by molar-refractivity contribution is 5.80. The average Bonchev–Trinajstić information content (AvgIpc) is 3.59. The van der Waals surface area contributed by atoms with Gasteiger partial charge >= 0.3 is 5.76 Å². The van der Waals surface area contributed by atoms with Crippen molar-refractivity contribution in [3.63, 3.8) is 0 Å². The van der Waals surface area contributed by atoms with Crippen LogP contribution in [-0.2, 0) is 12.8 Å². The number of para-hydroxylation sites is 1. The fourth-order valence-electron chi connectivity index (χ4n) is 6.78. The first kappa shape index (κ1) is 33.6. The number of aryl methyl sites for hydroxylation is 2. The van der Waals surface area contributed by atoms with Crippen LogP contribution in [0.4, 0.5) is 0 Å². The molecule has 0 amide bonds. The van der Waals surface area contributed by atoms with E-state index < -0.39 is 5.76 Å². The van der Waals surface area contributed by atoms with Gasteiger partial charge in [0, 0.05) is 17.5 Å². The first-order chi connectivity index (χ1) is 24.0. The molecule has 0 radical (unpaired) electrons. The average molecular weight is 653 g/mol. The van der Waals surface area contributed by atoms with Gasteiger partial charge in [-0.3, -0.25) is 18.9 Å². The fraction of sp³-hybridized carbons (Fsp3) is 0.286. The second-order valence-electron chi connectivity index (χ2n) is 12.8. The predicted molar refractivity (Wildman–Crippen MR) is 196 cm³/mol. The topological polar surface area (TPSA) is 93.8 Å². The lowest BCUT2D eigenvalue weighted by molar-refractivity contribution is 0.388. The first-order valence-corrected chi connectivity index (χ1v) is 17.5. The van der Waals surface area contributed by atoms with E-state index in [9.17, 15) is 9.59 Å². The Balaban J connectivity index is 0.000000291. The van der Waals surface area contributed by atoms with Gasteiger partial charge in [-0.25, -0.2) is 9.78 Å². The molecular weight excluding hydrogens is 608 g/mol. The quantitative estimate of drug-likeness (QED) is 0.168. The monoisotopic (exact) mass is 652 g/mol. The van der Waals surface area contributed by atoms with Crippen LogP contribution in [0.2, 0.25) is 0 Å². The Bertz CT molecular complexity index is 2060. The Hall–Kier alpha value is -5.30. The van der Waals surface area contributed by atoms with Crippen LogP contribution in [0.25, 0.3) is 28.2 Å². The number of benzene rings is 4. The van der Waals surface area contributed by atoms with Crippen molar-refractivity contribution in [3.05, 3.63) is 158 Å². The first-order valence-electron chi connectivity index (χ1n) is 17.5. The lowest BCUT2D eigenvalue weighted by Gasteiger charge is -2.21. The van der Waals surface area contributed by atoms with E-state index in [1.54, 1.807) is 10.1 Å². The van der Waals surface area contributed by atoms with Gasteiger partial charge in [0.05, 0.1) is 11.4 Å². The smallest absolute Gasteiger partial charge is 0.296 e. The molecule has 7 rings (SSSR count). The third-order valence-corrected chi connectivity index (χ3v) is 9.36. The van der Waals surface area contributed by atoms with Crippen molar-refractivity contribution in [1.29, 1.82) is 0 Å². The Morgan fingerprint density at radius 3 is 2.10 bits per heavy atom. The summed E-state index contributed by atoms with van der Waals surface area (Å²) < 4.78 is 6.40. The Kier molecular flexibility index (Phi) is 11.1. The maximum atomic E-state index is 13.7. The molecule has 49 heavy (non-hydrogen) atoms. The normalized spacial score (nSPS) is 13.1. The largest absolute Gasteiger partial charge is 0.439 e. The molecule has 7 heteroatoms. The molecule has 4 aromatic carbocycles. The van der Waals surface area contributed by atoms with Crippen LogP contribution in [0.5, 0.6) is 0 Å². The number of aromatic amines is 1. The molecule has 0 atom stereocenters. The van der Waals surface area contributed by atoms with E-state index in [2.05, 4.69) is 47.4 Å². The van der Waals surface area contributed by atoms with Crippen molar-refractivity contribution in [3.8, 4) is 28.2 Å². The van der Waals surface area contributed by atoms with Gasteiger partial charge in [0.2, 0.25) is 0 Å². The van der Waals surface area contributed by atoms with Crippen molar-refractivity contribution in [1.82, 2.24) is 19.7 Å². The Morgan fingerprint density at radius 2 is 1.45 bits per heavy atom. The molecule has 0 spiro atoms. The number of hydrogen-bond acceptors (Lipinski definition) is 5. The molecule has 1 aliphatic carbocycles. The molecule has 7 nitrogen and oxygen atoms in total. The van der Waals surface area contributed by atoms with E-state index in [0.717, 1.165) is 64.4 Å². The highest BCUT2D eigenvalue weighted by Gasteiger charge is 2.17. The maximum Gasteiger partial charge on any atom is 0.439 e. The summed E-state index contributed by atoms with van der Waals surface area (Å²) in [6.45, 7) is 4.03. The lowest BCUT2D eigenvalue weighted by Crippen LogP contribution is -2.28. The highest BCUT2D eigenvalue weighted by atomic mass is 16.5. The Morgan fingerprint density at radius 1 is 0.796 bits per heavy atom. The lowest BCUT2D eigenvalue weighted by atomic mass is 9.84. The highest BCUT2D eigenvalue weighted by Crippen LogP contribution is 2.32. The van der Waals surface area contributed by atoms with Gasteiger partial charge in [-0.15, -0.1) is 0 Å². The van der Waals surface area contributed by atoms with Crippen LogP contribution in [0.1, 0.15) is 86.0 Å². The summed E-state index contributed by atoms with van der Waals surface area (Å²) in [4.78, 5) is 32.7. The van der Waals surface area contributed by atoms with E-state index in [1.165, 1.54) is 32.1 Å². The molecule has 0 aliphatic heterocycles. The van der Waals surface area contributed by atoms with Crippen LogP contribution < -0.4 is 11.3 Å². The van der Waals surface area contributed by atoms with Gasteiger partial charge in [-0.05, 0) is 72.9 Å². The van der Waals surface area contributed by atoms with Crippen LogP contribution in [-0.4, -0.2) is 19.7 Å². The SMILES string of the molecule is CCCCc1nc(C)n(-c2ccccc2)c(=O)c1Cc1ccc(-c2ccccc2-c2noc(=O)[nH]2)cc1.c1ccc(C2CCCCC2)cc1. The molecule has 0 bridgehead atoms. The summed E-state index contributed by atoms with van der Waals surface area (Å²) in [5.74, 6) is 1.35. The van der Waals surface area contributed by atoms with E-state index in [4.69, 9.17) is 9.51 Å². The van der Waals surface area contributed by atoms with Gasteiger partial charge in [0.25, 0.3) is 5.56 Å². The van der Waals surface area contributed by atoms with Gasteiger partial charge in [0.1, 0.15) is 5.82 Å². The van der Waals surface area contributed by atoms with Crippen LogP contribution in [0, 0.1) is 6.92 Å². The number of rotatable bonds is 9. The fourth-order valence-corrected chi connectivity index (χ4v) is 6.78. The molecule has 1 N–H and O–H groups in total. The van der Waals surface area contributed by atoms with E-state index >= 15 is 0 Å². The molecule has 0 saturated heterocycles. The molecular formula is C42H44N4O3. The molecule has 6 aromatic rings. The summed E-state index contributed by atoms with van der Waals surface area (Å²) >= 11 is 0. The summed E-state index contributed by atoms with van der Waals surface area (Å²) in [5.41, 5.74) is 7.65. The van der Waals surface area contributed by atoms with Crippen LogP contribution in [0.3, 0.4) is 0 Å². The van der Waals surface area contributed by atoms with Crippen molar-refractivity contribution in [2.75, 3.05) is 0 Å². The van der Waals surface area contributed by atoms with Gasteiger partial charge in [-0.1, -0.05) is 135 Å². The molecule has 0 unspecified atom stereocenters. The summed E-state index contributed by atoms with van der Waals surface area (Å²) in [5, 5.41) is 3.84. The zero-order valence-corrected chi connectivity index (χ0v) is 28.4. The minimum absolute atomic E-state index is 0.0192. The number of hydrogen-bond donors (Lipinski definition) is 1. The third-order valence-electron chi connectivity index (χ3n) is 9.36. The summed E-state index contributed by atoms with van der Waals surface area (Å²) in [7, 11) is 0. The molecule has 2 aromatic heterocycles. The van der Waals surface area contributed by atoms with Crippen molar-refractivity contribution < 1.29 is 4.52 Å². The summed E-state index contributed by atoms with van der Waals surface area (Å²) in [6.07, 6.45) is 10.4. The number of unbranched alkanes of at least 4 members (excludes halogenated alkanes) is 1. The zero-order valence-electron chi connectivity index (χ0n) is 28.4. The predicted octanol–water partition coefficient (Wildman–Crippen LogP) is 9.22. The third kappa shape index (κ3) is 8.23. The van der Waals surface area contributed by atoms with Crippen molar-refractivity contribution >= 4 is 0 Å². The molecule has 1 fully saturated rings. The number of aromatic nitrogens is 4. The minimum atomic E-state index is -0.591. The number of nitrogens with one attached hydrogen (secondary N) is 1. The molecule has 1 saturated carbocycles. The Labute approximate surface area is 287 Å². The number of H-pyrrole nitrogens is 1. The van der Waals surface area contributed by atoms with Gasteiger partial charge in [-0.2, -0.15) is 0 Å². The van der Waals surface area contributed by atoms with Crippen molar-refractivity contribution in [2.45, 2.75) is 77.6 Å². The van der Waals surface area contributed by atoms with Gasteiger partial charge < -0.3 is 0 Å². The molecule has 1 aliphatic rings. The summed E-state index contributed by atoms with van der Waals surface area (Å²) in [6, 6.07) is 36.4. The number of nitrogens with zero attached hydrogens (tertiary/aromatic N) is 3. The standard InChI is InChI=1S/C30H28N4O3.C12H16/c1-3-4-14-27-26(29(35)34(20(2)31-27)23-10-6-5-7-11-23)19-21-15-17-22(18-16-21)24-12-8-9-13-25(24)28-32-30(36)37-33-28;1-3-7-11(8-4-1)12-9-5-2-6-10-12/h5-13,15-18H,3-4,14,19H2,1-2H3,(H,32,33,36);1,3-4,7-8,12H,2,5-6,9-10H2. The van der Waals surface area contributed by atoms with Crippen molar-refractivity contribution in [2.24, 2.45) is 0 Å². The zero-order chi connectivity index (χ0) is 34.0.